The molecule has 1 aromatic carbocycles. The van der Waals surface area contributed by atoms with Gasteiger partial charge < -0.3 is 9.80 Å². The number of amides is 1. The van der Waals surface area contributed by atoms with Crippen LogP contribution in [0.1, 0.15) is 44.1 Å². The number of para-hydroxylation sites is 1. The van der Waals surface area contributed by atoms with Crippen molar-refractivity contribution in [1.29, 1.82) is 0 Å². The van der Waals surface area contributed by atoms with Gasteiger partial charge in [-0.2, -0.15) is 0 Å². The molecule has 4 atom stereocenters. The van der Waals surface area contributed by atoms with Crippen molar-refractivity contribution in [3.8, 4) is 0 Å². The summed E-state index contributed by atoms with van der Waals surface area (Å²) in [6.45, 7) is 0.887. The van der Waals surface area contributed by atoms with Crippen molar-refractivity contribution in [3.63, 3.8) is 0 Å². The summed E-state index contributed by atoms with van der Waals surface area (Å²) in [4.78, 5) is 30.3. The van der Waals surface area contributed by atoms with Crippen LogP contribution in [-0.4, -0.2) is 43.3 Å². The number of fused-ring (bicyclic) bond motifs is 3. The van der Waals surface area contributed by atoms with E-state index in [0.717, 1.165) is 57.2 Å². The molecule has 0 aromatic heterocycles. The fraction of sp³-hybridized carbons (Fsp3) is 0.636. The van der Waals surface area contributed by atoms with Crippen LogP contribution in [0.4, 0.5) is 5.69 Å². The second-order valence-electron chi connectivity index (χ2n) is 8.69. The highest BCUT2D eigenvalue weighted by atomic mass is 16.2. The molecule has 2 bridgehead atoms. The molecular weight excluding hydrogens is 324 g/mol. The zero-order valence-electron chi connectivity index (χ0n) is 16.0. The molecule has 0 N–H and O–H groups in total. The maximum Gasteiger partial charge on any atom is 0.230 e. The van der Waals surface area contributed by atoms with Crippen molar-refractivity contribution >= 4 is 17.4 Å². The quantitative estimate of drug-likeness (QED) is 0.836. The predicted molar refractivity (Wildman–Crippen MR) is 103 cm³/mol. The highest BCUT2D eigenvalue weighted by molar-refractivity contribution is 5.98. The van der Waals surface area contributed by atoms with E-state index in [-0.39, 0.29) is 29.7 Å². The summed E-state index contributed by atoms with van der Waals surface area (Å²) >= 11 is 0. The van der Waals surface area contributed by atoms with E-state index < -0.39 is 0 Å². The third-order valence-corrected chi connectivity index (χ3v) is 6.57. The first kappa shape index (κ1) is 17.7. The van der Waals surface area contributed by atoms with Gasteiger partial charge >= 0.3 is 0 Å². The van der Waals surface area contributed by atoms with Gasteiger partial charge in [0.05, 0.1) is 0 Å². The first-order valence-electron chi connectivity index (χ1n) is 10.1. The number of hydrogen-bond donors (Lipinski definition) is 0. The minimum absolute atomic E-state index is 0.0128. The average molecular weight is 354 g/mol. The molecule has 2 saturated carbocycles. The molecule has 3 aliphatic rings. The summed E-state index contributed by atoms with van der Waals surface area (Å²) in [7, 11) is 4.15. The molecule has 140 valence electrons. The number of carbonyl (C=O) groups excluding carboxylic acids is 2. The lowest BCUT2D eigenvalue weighted by molar-refractivity contribution is -0.137. The number of benzene rings is 1. The van der Waals surface area contributed by atoms with Crippen LogP contribution in [0.15, 0.2) is 24.3 Å². The number of aryl methyl sites for hydroxylation is 1. The predicted octanol–water partition coefficient (Wildman–Crippen LogP) is 3.29. The van der Waals surface area contributed by atoms with Crippen molar-refractivity contribution in [3.05, 3.63) is 29.8 Å². The SMILES string of the molecule is CN(C)C[C@H]1CCc2ccccc2N1C(=O)C1C[C@H]2CCC[C@@H](C1)C2=O. The van der Waals surface area contributed by atoms with Gasteiger partial charge in [0.15, 0.2) is 0 Å². The van der Waals surface area contributed by atoms with Crippen LogP contribution in [0.3, 0.4) is 0 Å². The Labute approximate surface area is 156 Å². The molecule has 1 aliphatic heterocycles. The summed E-state index contributed by atoms with van der Waals surface area (Å²) in [5.74, 6) is 0.962. The normalized spacial score (nSPS) is 31.0. The Balaban J connectivity index is 1.62. The lowest BCUT2D eigenvalue weighted by atomic mass is 9.66. The number of carbonyl (C=O) groups is 2. The molecule has 4 rings (SSSR count). The smallest absolute Gasteiger partial charge is 0.230 e. The fourth-order valence-corrected chi connectivity index (χ4v) is 5.38. The Morgan fingerprint density at radius 1 is 1.12 bits per heavy atom. The Morgan fingerprint density at radius 3 is 2.50 bits per heavy atom. The van der Waals surface area contributed by atoms with E-state index in [2.05, 4.69) is 42.1 Å². The van der Waals surface area contributed by atoms with Gasteiger partial charge in [0.1, 0.15) is 5.78 Å². The highest BCUT2D eigenvalue weighted by Crippen LogP contribution is 2.42. The van der Waals surface area contributed by atoms with Crippen molar-refractivity contribution in [2.45, 2.75) is 51.0 Å². The average Bonchev–Trinajstić information content (AvgIpc) is 2.60. The van der Waals surface area contributed by atoms with Crippen molar-refractivity contribution < 1.29 is 9.59 Å². The van der Waals surface area contributed by atoms with Crippen LogP contribution in [0, 0.1) is 17.8 Å². The number of rotatable bonds is 3. The van der Waals surface area contributed by atoms with Crippen molar-refractivity contribution in [2.75, 3.05) is 25.5 Å². The molecule has 1 aromatic rings. The first-order chi connectivity index (χ1) is 12.5. The third-order valence-electron chi connectivity index (χ3n) is 6.57. The molecular formula is C22H30N2O2. The number of hydrogen-bond acceptors (Lipinski definition) is 3. The molecule has 0 saturated heterocycles. The summed E-state index contributed by atoms with van der Waals surface area (Å²) in [6.07, 6.45) is 6.70. The van der Waals surface area contributed by atoms with Gasteiger partial charge in [0, 0.05) is 36.0 Å². The maximum absolute atomic E-state index is 13.6. The second kappa shape index (κ2) is 7.15. The van der Waals surface area contributed by atoms with Gasteiger partial charge in [0.25, 0.3) is 0 Å². The zero-order valence-corrected chi connectivity index (χ0v) is 16.0. The van der Waals surface area contributed by atoms with Gasteiger partial charge in [-0.15, -0.1) is 0 Å². The topological polar surface area (TPSA) is 40.6 Å². The molecule has 1 amide bonds. The summed E-state index contributed by atoms with van der Waals surface area (Å²) in [6, 6.07) is 8.59. The Bertz CT molecular complexity index is 683. The van der Waals surface area contributed by atoms with Gasteiger partial charge in [-0.1, -0.05) is 24.6 Å². The van der Waals surface area contributed by atoms with E-state index in [0.29, 0.717) is 5.78 Å². The number of ketones is 1. The molecule has 2 fully saturated rings. The van der Waals surface area contributed by atoms with Crippen LogP contribution < -0.4 is 4.90 Å². The number of nitrogens with zero attached hydrogens (tertiary/aromatic N) is 2. The molecule has 0 radical (unpaired) electrons. The Hall–Kier alpha value is -1.68. The molecule has 0 spiro atoms. The minimum atomic E-state index is 0.0128. The number of likely N-dealkylation sites (N-methyl/N-ethyl adjacent to an activating group) is 1. The third kappa shape index (κ3) is 3.20. The van der Waals surface area contributed by atoms with E-state index in [9.17, 15) is 9.59 Å². The molecule has 4 heteroatoms. The van der Waals surface area contributed by atoms with E-state index >= 15 is 0 Å². The Morgan fingerprint density at radius 2 is 1.81 bits per heavy atom. The van der Waals surface area contributed by atoms with E-state index in [1.54, 1.807) is 0 Å². The lowest BCUT2D eigenvalue weighted by Gasteiger charge is -2.43. The van der Waals surface area contributed by atoms with Crippen LogP contribution in [-0.2, 0) is 16.0 Å². The zero-order chi connectivity index (χ0) is 18.3. The molecule has 2 aliphatic carbocycles. The van der Waals surface area contributed by atoms with Gasteiger partial charge in [-0.25, -0.2) is 0 Å². The minimum Gasteiger partial charge on any atom is -0.308 e. The largest absolute Gasteiger partial charge is 0.308 e. The van der Waals surface area contributed by atoms with Gasteiger partial charge in [-0.3, -0.25) is 9.59 Å². The monoisotopic (exact) mass is 354 g/mol. The van der Waals surface area contributed by atoms with E-state index in [1.165, 1.54) is 5.56 Å². The maximum atomic E-state index is 13.6. The van der Waals surface area contributed by atoms with Gasteiger partial charge in [0.2, 0.25) is 5.91 Å². The summed E-state index contributed by atoms with van der Waals surface area (Å²) in [5, 5.41) is 0. The summed E-state index contributed by atoms with van der Waals surface area (Å²) < 4.78 is 0. The molecule has 26 heavy (non-hydrogen) atoms. The molecule has 4 nitrogen and oxygen atoms in total. The highest BCUT2D eigenvalue weighted by Gasteiger charge is 2.44. The van der Waals surface area contributed by atoms with E-state index in [1.807, 2.05) is 6.07 Å². The lowest BCUT2D eigenvalue weighted by Crippen LogP contribution is -2.52. The van der Waals surface area contributed by atoms with E-state index in [4.69, 9.17) is 0 Å². The molecule has 1 heterocycles. The van der Waals surface area contributed by atoms with Crippen molar-refractivity contribution in [1.82, 2.24) is 4.90 Å². The second-order valence-corrected chi connectivity index (χ2v) is 8.69. The summed E-state index contributed by atoms with van der Waals surface area (Å²) in [5.41, 5.74) is 2.38. The fourth-order valence-electron chi connectivity index (χ4n) is 5.38. The number of anilines is 1. The van der Waals surface area contributed by atoms with Gasteiger partial charge in [-0.05, 0) is 64.3 Å². The number of Topliss-reactive ketones (excluding diaryl/α,β-unsaturated/α-hetero) is 1. The van der Waals surface area contributed by atoms with Crippen LogP contribution in [0.5, 0.6) is 0 Å². The van der Waals surface area contributed by atoms with Crippen LogP contribution >= 0.6 is 0 Å². The first-order valence-corrected chi connectivity index (χ1v) is 10.1. The van der Waals surface area contributed by atoms with Crippen LogP contribution in [0.25, 0.3) is 0 Å². The molecule has 1 unspecified atom stereocenters. The Kier molecular flexibility index (Phi) is 4.87. The van der Waals surface area contributed by atoms with Crippen LogP contribution in [0.2, 0.25) is 0 Å². The van der Waals surface area contributed by atoms with Crippen molar-refractivity contribution in [2.24, 2.45) is 17.8 Å². The standard InChI is InChI=1S/C22H30N2O2/c1-23(2)14-19-11-10-15-6-3-4-9-20(15)24(19)22(26)18-12-16-7-5-8-17(13-18)21(16)25/h3-4,6,9,16-19H,5,7-8,10-14H2,1-2H3/t16-,17+,18?,19-/m1/s1.